The third-order valence-electron chi connectivity index (χ3n) is 3.71. The van der Waals surface area contributed by atoms with Crippen LogP contribution in [0, 0.1) is 0 Å². The van der Waals surface area contributed by atoms with Crippen LogP contribution in [0.1, 0.15) is 24.1 Å². The van der Waals surface area contributed by atoms with Gasteiger partial charge in [0.05, 0.1) is 12.4 Å². The highest BCUT2D eigenvalue weighted by Gasteiger charge is 2.22. The molecule has 0 unspecified atom stereocenters. The van der Waals surface area contributed by atoms with Gasteiger partial charge in [-0.25, -0.2) is 4.79 Å². The molecule has 0 aromatic carbocycles. The van der Waals surface area contributed by atoms with Gasteiger partial charge in [0.15, 0.2) is 0 Å². The van der Waals surface area contributed by atoms with E-state index >= 15 is 0 Å². The number of aliphatic hydroxyl groups excluding tert-OH is 1. The smallest absolute Gasteiger partial charge is 0.348 e. The number of fused-ring (bicyclic) bond motifs is 1. The van der Waals surface area contributed by atoms with Crippen molar-refractivity contribution in [2.75, 3.05) is 32.6 Å². The standard InChI is InChI=1S/C15H23N3O4S/c1-22-9-6-16-13(20)10-23-14-11-4-2-5-12(11)18(7-3-8-19)15(21)17-14/h19H,2-10H2,1H3,(H,16,20). The van der Waals surface area contributed by atoms with Crippen molar-refractivity contribution in [2.24, 2.45) is 0 Å². The summed E-state index contributed by atoms with van der Waals surface area (Å²) in [6, 6.07) is 0. The molecule has 7 nitrogen and oxygen atoms in total. The van der Waals surface area contributed by atoms with Crippen LogP contribution < -0.4 is 11.0 Å². The number of nitrogens with zero attached hydrogens (tertiary/aromatic N) is 2. The lowest BCUT2D eigenvalue weighted by Gasteiger charge is -2.13. The molecular weight excluding hydrogens is 318 g/mol. The van der Waals surface area contributed by atoms with Gasteiger partial charge in [-0.1, -0.05) is 11.8 Å². The maximum absolute atomic E-state index is 12.2. The zero-order valence-electron chi connectivity index (χ0n) is 13.3. The number of aliphatic hydroxyl groups is 1. The van der Waals surface area contributed by atoms with Crippen molar-refractivity contribution < 1.29 is 14.6 Å². The molecule has 1 aliphatic rings. The molecule has 0 spiro atoms. The molecule has 2 N–H and O–H groups in total. The van der Waals surface area contributed by atoms with Gasteiger partial charge in [-0.05, 0) is 25.7 Å². The van der Waals surface area contributed by atoms with E-state index in [9.17, 15) is 9.59 Å². The topological polar surface area (TPSA) is 93.5 Å². The molecule has 1 aliphatic carbocycles. The fourth-order valence-corrected chi connectivity index (χ4v) is 3.55. The van der Waals surface area contributed by atoms with Crippen molar-refractivity contribution in [2.45, 2.75) is 37.3 Å². The highest BCUT2D eigenvalue weighted by molar-refractivity contribution is 7.99. The Balaban J connectivity index is 2.06. The van der Waals surface area contributed by atoms with Gasteiger partial charge in [0.25, 0.3) is 0 Å². The van der Waals surface area contributed by atoms with Crippen LogP contribution in [0.3, 0.4) is 0 Å². The Morgan fingerprint density at radius 1 is 1.48 bits per heavy atom. The number of hydrogen-bond acceptors (Lipinski definition) is 6. The Morgan fingerprint density at radius 2 is 2.30 bits per heavy atom. The Hall–Kier alpha value is -1.38. The molecule has 0 saturated carbocycles. The molecule has 1 heterocycles. The number of rotatable bonds is 9. The first-order chi connectivity index (χ1) is 11.2. The molecule has 0 saturated heterocycles. The summed E-state index contributed by atoms with van der Waals surface area (Å²) in [5, 5.41) is 12.4. The summed E-state index contributed by atoms with van der Waals surface area (Å²) in [5.41, 5.74) is 1.80. The fraction of sp³-hybridized carbons (Fsp3) is 0.667. The highest BCUT2D eigenvalue weighted by atomic mass is 32.2. The third-order valence-corrected chi connectivity index (χ3v) is 4.73. The summed E-state index contributed by atoms with van der Waals surface area (Å²) in [7, 11) is 1.58. The Bertz CT molecular complexity index is 603. The van der Waals surface area contributed by atoms with Crippen LogP contribution in [0.25, 0.3) is 0 Å². The van der Waals surface area contributed by atoms with Crippen LogP contribution >= 0.6 is 11.8 Å². The first-order valence-electron chi connectivity index (χ1n) is 7.79. The van der Waals surface area contributed by atoms with Crippen LogP contribution in [0.5, 0.6) is 0 Å². The van der Waals surface area contributed by atoms with Crippen molar-refractivity contribution in [3.05, 3.63) is 21.7 Å². The minimum atomic E-state index is -0.290. The minimum absolute atomic E-state index is 0.0549. The predicted octanol–water partition coefficient (Wildman–Crippen LogP) is -0.0309. The van der Waals surface area contributed by atoms with E-state index in [2.05, 4.69) is 10.3 Å². The number of methoxy groups -OCH3 is 1. The summed E-state index contributed by atoms with van der Waals surface area (Å²) in [6.07, 6.45) is 3.27. The molecule has 23 heavy (non-hydrogen) atoms. The number of nitrogens with one attached hydrogen (secondary N) is 1. The van der Waals surface area contributed by atoms with Gasteiger partial charge in [-0.15, -0.1) is 0 Å². The van der Waals surface area contributed by atoms with Gasteiger partial charge in [-0.2, -0.15) is 4.98 Å². The zero-order chi connectivity index (χ0) is 16.7. The van der Waals surface area contributed by atoms with E-state index < -0.39 is 0 Å². The third kappa shape index (κ3) is 4.79. The number of hydrogen-bond donors (Lipinski definition) is 2. The van der Waals surface area contributed by atoms with Crippen molar-refractivity contribution in [1.29, 1.82) is 0 Å². The number of carbonyl (C=O) groups excluding carboxylic acids is 1. The second kappa shape index (κ2) is 9.05. The average Bonchev–Trinajstić information content (AvgIpc) is 3.02. The quantitative estimate of drug-likeness (QED) is 0.372. The first kappa shape index (κ1) is 18.0. The molecule has 0 fully saturated rings. The normalized spacial score (nSPS) is 13.1. The molecule has 1 aromatic heterocycles. The molecular formula is C15H23N3O4S. The van der Waals surface area contributed by atoms with E-state index in [4.69, 9.17) is 9.84 Å². The van der Waals surface area contributed by atoms with Crippen LogP contribution in [0.15, 0.2) is 9.82 Å². The number of thioether (sulfide) groups is 1. The summed E-state index contributed by atoms with van der Waals surface area (Å²) >= 11 is 1.31. The first-order valence-corrected chi connectivity index (χ1v) is 8.77. The van der Waals surface area contributed by atoms with Gasteiger partial charge in [0.1, 0.15) is 5.03 Å². The second-order valence-electron chi connectivity index (χ2n) is 5.34. The summed E-state index contributed by atoms with van der Waals surface area (Å²) in [5.74, 6) is 0.147. The summed E-state index contributed by atoms with van der Waals surface area (Å²) in [4.78, 5) is 28.1. The lowest BCUT2D eigenvalue weighted by Crippen LogP contribution is -2.30. The molecule has 2 rings (SSSR count). The van der Waals surface area contributed by atoms with Gasteiger partial charge in [0.2, 0.25) is 5.91 Å². The van der Waals surface area contributed by atoms with Gasteiger partial charge in [0, 0.05) is 38.1 Å². The van der Waals surface area contributed by atoms with Crippen molar-refractivity contribution >= 4 is 17.7 Å². The van der Waals surface area contributed by atoms with Crippen molar-refractivity contribution in [3.63, 3.8) is 0 Å². The maximum atomic E-state index is 12.2. The maximum Gasteiger partial charge on any atom is 0.348 e. The van der Waals surface area contributed by atoms with Crippen LogP contribution in [-0.4, -0.2) is 53.2 Å². The summed E-state index contributed by atoms with van der Waals surface area (Å²) in [6.45, 7) is 1.50. The number of carbonyl (C=O) groups is 1. The van der Waals surface area contributed by atoms with Crippen LogP contribution in [0.4, 0.5) is 0 Å². The SMILES string of the molecule is COCCNC(=O)CSc1nc(=O)n(CCCO)c2c1CCC2. The van der Waals surface area contributed by atoms with E-state index in [1.54, 1.807) is 11.7 Å². The molecule has 0 atom stereocenters. The van der Waals surface area contributed by atoms with E-state index in [0.717, 1.165) is 30.5 Å². The van der Waals surface area contributed by atoms with Crippen LogP contribution in [-0.2, 0) is 28.9 Å². The number of aromatic nitrogens is 2. The molecule has 1 aromatic rings. The Morgan fingerprint density at radius 3 is 3.04 bits per heavy atom. The van der Waals surface area contributed by atoms with E-state index in [-0.39, 0.29) is 24.0 Å². The van der Waals surface area contributed by atoms with Gasteiger partial charge in [-0.3, -0.25) is 9.36 Å². The Kier molecular flexibility index (Phi) is 7.07. The number of ether oxygens (including phenoxy) is 1. The van der Waals surface area contributed by atoms with E-state index in [1.165, 1.54) is 11.8 Å². The van der Waals surface area contributed by atoms with Crippen LogP contribution in [0.2, 0.25) is 0 Å². The van der Waals surface area contributed by atoms with E-state index in [0.29, 0.717) is 31.1 Å². The molecule has 0 radical (unpaired) electrons. The molecule has 0 aliphatic heterocycles. The predicted molar refractivity (Wildman–Crippen MR) is 87.8 cm³/mol. The lowest BCUT2D eigenvalue weighted by molar-refractivity contribution is -0.118. The molecule has 0 bridgehead atoms. The largest absolute Gasteiger partial charge is 0.396 e. The molecule has 1 amide bonds. The van der Waals surface area contributed by atoms with Crippen molar-refractivity contribution in [1.82, 2.24) is 14.9 Å². The lowest BCUT2D eigenvalue weighted by atomic mass is 10.2. The zero-order valence-corrected chi connectivity index (χ0v) is 14.2. The van der Waals surface area contributed by atoms with Gasteiger partial charge >= 0.3 is 5.69 Å². The highest BCUT2D eigenvalue weighted by Crippen LogP contribution is 2.29. The van der Waals surface area contributed by atoms with Gasteiger partial charge < -0.3 is 15.2 Å². The number of amides is 1. The Labute approximate surface area is 139 Å². The molecule has 8 heteroatoms. The average molecular weight is 341 g/mol. The second-order valence-corrected chi connectivity index (χ2v) is 6.30. The monoisotopic (exact) mass is 341 g/mol. The minimum Gasteiger partial charge on any atom is -0.396 e. The van der Waals surface area contributed by atoms with E-state index in [1.807, 2.05) is 0 Å². The van der Waals surface area contributed by atoms with Crippen molar-refractivity contribution in [3.8, 4) is 0 Å². The molecule has 128 valence electrons. The summed E-state index contributed by atoms with van der Waals surface area (Å²) < 4.78 is 6.55. The fourth-order valence-electron chi connectivity index (χ4n) is 2.64.